The highest BCUT2D eigenvalue weighted by Crippen LogP contribution is 2.27. The molecule has 0 N–H and O–H groups in total. The van der Waals surface area contributed by atoms with Gasteiger partial charge < -0.3 is 9.69 Å². The summed E-state index contributed by atoms with van der Waals surface area (Å²) in [5.41, 5.74) is 1.53. The third-order valence-electron chi connectivity index (χ3n) is 2.79. The molecular weight excluding hydrogens is 188 g/mol. The van der Waals surface area contributed by atoms with Crippen LogP contribution in [-0.4, -0.2) is 18.9 Å². The van der Waals surface area contributed by atoms with Crippen LogP contribution in [0.25, 0.3) is 0 Å². The van der Waals surface area contributed by atoms with E-state index in [9.17, 15) is 4.79 Å². The first-order chi connectivity index (χ1) is 7.36. The van der Waals surface area contributed by atoms with Crippen molar-refractivity contribution in [3.63, 3.8) is 0 Å². The van der Waals surface area contributed by atoms with Crippen LogP contribution in [0, 0.1) is 11.3 Å². The van der Waals surface area contributed by atoms with Gasteiger partial charge in [0.1, 0.15) is 12.4 Å². The van der Waals surface area contributed by atoms with Crippen LogP contribution in [0.2, 0.25) is 0 Å². The predicted molar refractivity (Wildman–Crippen MR) is 57.6 cm³/mol. The van der Waals surface area contributed by atoms with Crippen LogP contribution < -0.4 is 4.90 Å². The van der Waals surface area contributed by atoms with Crippen molar-refractivity contribution in [2.45, 2.75) is 18.9 Å². The number of rotatable bonds is 2. The summed E-state index contributed by atoms with van der Waals surface area (Å²) in [4.78, 5) is 12.9. The Morgan fingerprint density at radius 1 is 1.47 bits per heavy atom. The fourth-order valence-electron chi connectivity index (χ4n) is 2.05. The summed E-state index contributed by atoms with van der Waals surface area (Å²) < 4.78 is 0. The Hall–Kier alpha value is -1.82. The molecule has 0 aromatic heterocycles. The van der Waals surface area contributed by atoms with Gasteiger partial charge in [0.2, 0.25) is 0 Å². The lowest BCUT2D eigenvalue weighted by atomic mass is 10.1. The van der Waals surface area contributed by atoms with Crippen LogP contribution in [0.15, 0.2) is 24.3 Å². The number of nitriles is 1. The molecule has 1 aromatic rings. The Kier molecular flexibility index (Phi) is 2.68. The van der Waals surface area contributed by atoms with Crippen LogP contribution in [0.4, 0.5) is 5.69 Å². The minimum absolute atomic E-state index is 0.0560. The zero-order valence-corrected chi connectivity index (χ0v) is 8.39. The molecule has 3 heteroatoms. The van der Waals surface area contributed by atoms with Gasteiger partial charge in [0, 0.05) is 6.54 Å². The summed E-state index contributed by atoms with van der Waals surface area (Å²) >= 11 is 0. The summed E-state index contributed by atoms with van der Waals surface area (Å²) in [7, 11) is 0. The van der Waals surface area contributed by atoms with Crippen LogP contribution in [0.5, 0.6) is 0 Å². The molecule has 1 aliphatic heterocycles. The quantitative estimate of drug-likeness (QED) is 0.683. The second kappa shape index (κ2) is 4.14. The lowest BCUT2D eigenvalue weighted by Gasteiger charge is -2.23. The van der Waals surface area contributed by atoms with Gasteiger partial charge in [-0.3, -0.25) is 0 Å². The smallest absolute Gasteiger partial charge is 0.142 e. The highest BCUT2D eigenvalue weighted by atomic mass is 16.1. The molecule has 76 valence electrons. The Balaban J connectivity index is 2.37. The van der Waals surface area contributed by atoms with Crippen molar-refractivity contribution in [2.24, 2.45) is 0 Å². The average molecular weight is 200 g/mol. The zero-order valence-electron chi connectivity index (χ0n) is 8.39. The van der Waals surface area contributed by atoms with Gasteiger partial charge in [-0.1, -0.05) is 12.1 Å². The van der Waals surface area contributed by atoms with E-state index in [2.05, 4.69) is 6.07 Å². The van der Waals surface area contributed by atoms with Crippen LogP contribution in [0.1, 0.15) is 18.4 Å². The lowest BCUT2D eigenvalue weighted by Crippen LogP contribution is -2.30. The number of anilines is 1. The van der Waals surface area contributed by atoms with Crippen molar-refractivity contribution < 1.29 is 4.79 Å². The molecule has 1 fully saturated rings. The van der Waals surface area contributed by atoms with E-state index in [1.807, 2.05) is 23.1 Å². The van der Waals surface area contributed by atoms with Crippen molar-refractivity contribution in [1.29, 1.82) is 5.26 Å². The molecule has 1 atom stereocenters. The number of carbonyl (C=O) groups is 1. The highest BCUT2D eigenvalue weighted by Gasteiger charge is 2.25. The zero-order chi connectivity index (χ0) is 10.7. The Morgan fingerprint density at radius 3 is 3.00 bits per heavy atom. The van der Waals surface area contributed by atoms with Gasteiger partial charge in [-0.2, -0.15) is 5.26 Å². The van der Waals surface area contributed by atoms with E-state index >= 15 is 0 Å². The van der Waals surface area contributed by atoms with E-state index in [0.29, 0.717) is 5.56 Å². The minimum atomic E-state index is -0.0560. The number of aldehydes is 1. The minimum Gasteiger partial charge on any atom is -0.361 e. The van der Waals surface area contributed by atoms with Gasteiger partial charge in [0.25, 0.3) is 0 Å². The summed E-state index contributed by atoms with van der Waals surface area (Å²) in [5.74, 6) is 0. The lowest BCUT2D eigenvalue weighted by molar-refractivity contribution is -0.108. The number of hydrogen-bond acceptors (Lipinski definition) is 3. The van der Waals surface area contributed by atoms with E-state index in [4.69, 9.17) is 5.26 Å². The second-order valence-corrected chi connectivity index (χ2v) is 3.67. The van der Waals surface area contributed by atoms with Crippen molar-refractivity contribution in [2.75, 3.05) is 11.4 Å². The maximum Gasteiger partial charge on any atom is 0.142 e. The first kappa shape index (κ1) is 9.72. The molecule has 1 saturated heterocycles. The van der Waals surface area contributed by atoms with E-state index in [1.165, 1.54) is 0 Å². The largest absolute Gasteiger partial charge is 0.361 e. The maximum atomic E-state index is 10.9. The van der Waals surface area contributed by atoms with Crippen molar-refractivity contribution >= 4 is 12.0 Å². The van der Waals surface area contributed by atoms with Crippen molar-refractivity contribution in [3.05, 3.63) is 29.8 Å². The first-order valence-electron chi connectivity index (χ1n) is 5.08. The van der Waals surface area contributed by atoms with E-state index < -0.39 is 0 Å². The molecule has 1 heterocycles. The average Bonchev–Trinajstić information content (AvgIpc) is 2.76. The Morgan fingerprint density at radius 2 is 2.27 bits per heavy atom. The summed E-state index contributed by atoms with van der Waals surface area (Å²) in [6.07, 6.45) is 2.88. The summed E-state index contributed by atoms with van der Waals surface area (Å²) in [6.45, 7) is 0.863. The molecule has 0 spiro atoms. The molecule has 0 aliphatic carbocycles. The Labute approximate surface area is 88.9 Å². The van der Waals surface area contributed by atoms with Gasteiger partial charge in [-0.15, -0.1) is 0 Å². The topological polar surface area (TPSA) is 44.1 Å². The normalized spacial score (nSPS) is 19.9. The fourth-order valence-corrected chi connectivity index (χ4v) is 2.05. The number of carbonyl (C=O) groups excluding carboxylic acids is 1. The van der Waals surface area contributed by atoms with E-state index in [-0.39, 0.29) is 6.04 Å². The highest BCUT2D eigenvalue weighted by molar-refractivity contribution is 5.70. The first-order valence-corrected chi connectivity index (χ1v) is 5.08. The number of hydrogen-bond donors (Lipinski definition) is 0. The molecule has 0 bridgehead atoms. The van der Waals surface area contributed by atoms with Gasteiger partial charge in [0.15, 0.2) is 0 Å². The van der Waals surface area contributed by atoms with Gasteiger partial charge >= 0.3 is 0 Å². The molecule has 0 saturated carbocycles. The van der Waals surface area contributed by atoms with E-state index in [0.717, 1.165) is 31.4 Å². The molecular formula is C12H12N2O. The van der Waals surface area contributed by atoms with Crippen LogP contribution in [0.3, 0.4) is 0 Å². The third-order valence-corrected chi connectivity index (χ3v) is 2.79. The molecule has 0 amide bonds. The summed E-state index contributed by atoms with van der Waals surface area (Å²) in [5, 5.41) is 8.97. The van der Waals surface area contributed by atoms with Gasteiger partial charge in [0.05, 0.1) is 17.3 Å². The number of nitrogens with zero attached hydrogens (tertiary/aromatic N) is 2. The fraction of sp³-hybridized carbons (Fsp3) is 0.333. The monoisotopic (exact) mass is 200 g/mol. The molecule has 1 unspecified atom stereocenters. The third kappa shape index (κ3) is 1.71. The standard InChI is InChI=1S/C12H12N2O/c13-8-10-4-1-2-6-12(10)14-7-3-5-11(14)9-15/h1-2,4,6,9,11H,3,5,7H2. The molecule has 2 rings (SSSR count). The molecule has 1 aliphatic rings. The van der Waals surface area contributed by atoms with Crippen LogP contribution in [-0.2, 0) is 4.79 Å². The molecule has 3 nitrogen and oxygen atoms in total. The molecule has 1 aromatic carbocycles. The van der Waals surface area contributed by atoms with E-state index in [1.54, 1.807) is 6.07 Å². The summed E-state index contributed by atoms with van der Waals surface area (Å²) in [6, 6.07) is 9.53. The SMILES string of the molecule is N#Cc1ccccc1N1CCCC1C=O. The molecule has 0 radical (unpaired) electrons. The Bertz CT molecular complexity index is 408. The molecule has 15 heavy (non-hydrogen) atoms. The van der Waals surface area contributed by atoms with Crippen LogP contribution >= 0.6 is 0 Å². The number of para-hydroxylation sites is 1. The van der Waals surface area contributed by atoms with Gasteiger partial charge in [-0.25, -0.2) is 0 Å². The number of benzene rings is 1. The van der Waals surface area contributed by atoms with Crippen molar-refractivity contribution in [3.8, 4) is 6.07 Å². The van der Waals surface area contributed by atoms with Gasteiger partial charge in [-0.05, 0) is 25.0 Å². The predicted octanol–water partition coefficient (Wildman–Crippen LogP) is 1.73. The van der Waals surface area contributed by atoms with Crippen molar-refractivity contribution in [1.82, 2.24) is 0 Å². The second-order valence-electron chi connectivity index (χ2n) is 3.67. The maximum absolute atomic E-state index is 10.9.